The predicted molar refractivity (Wildman–Crippen MR) is 100 cm³/mol. The first kappa shape index (κ1) is 16.2. The van der Waals surface area contributed by atoms with Crippen LogP contribution < -0.4 is 10.9 Å². The first-order chi connectivity index (χ1) is 12.7. The lowest BCUT2D eigenvalue weighted by Gasteiger charge is -2.04. The Labute approximate surface area is 152 Å². The normalized spacial score (nSPS) is 10.8. The molecule has 0 fully saturated rings. The third-order valence-electron chi connectivity index (χ3n) is 3.88. The Morgan fingerprint density at radius 1 is 1.12 bits per heavy atom. The van der Waals surface area contributed by atoms with Gasteiger partial charge in [-0.15, -0.1) is 11.3 Å². The molecule has 26 heavy (non-hydrogen) atoms. The van der Waals surface area contributed by atoms with E-state index in [9.17, 15) is 9.59 Å². The van der Waals surface area contributed by atoms with Gasteiger partial charge in [0.2, 0.25) is 0 Å². The fourth-order valence-corrected chi connectivity index (χ4v) is 3.31. The molecule has 0 atom stereocenters. The number of thiazole rings is 1. The number of aromatic nitrogens is 3. The second-order valence-corrected chi connectivity index (χ2v) is 6.52. The third kappa shape index (κ3) is 3.12. The van der Waals surface area contributed by atoms with Crippen LogP contribution in [0.1, 0.15) is 15.4 Å². The van der Waals surface area contributed by atoms with Gasteiger partial charge in [-0.2, -0.15) is 0 Å². The van der Waals surface area contributed by atoms with Gasteiger partial charge in [0.1, 0.15) is 16.2 Å². The average Bonchev–Trinajstić information content (AvgIpc) is 3.16. The molecule has 0 saturated heterocycles. The quantitative estimate of drug-likeness (QED) is 0.606. The fraction of sp³-hybridized carbons (Fsp3) is 0.0526. The van der Waals surface area contributed by atoms with Crippen molar-refractivity contribution in [2.24, 2.45) is 0 Å². The van der Waals surface area contributed by atoms with E-state index in [-0.39, 0.29) is 12.1 Å². The second kappa shape index (κ2) is 6.89. The van der Waals surface area contributed by atoms with E-state index >= 15 is 0 Å². The Bertz CT molecular complexity index is 1130. The molecule has 7 heteroatoms. The molecule has 4 rings (SSSR count). The molecule has 4 aromatic rings. The van der Waals surface area contributed by atoms with Gasteiger partial charge >= 0.3 is 0 Å². The van der Waals surface area contributed by atoms with Gasteiger partial charge in [0.05, 0.1) is 12.2 Å². The van der Waals surface area contributed by atoms with Crippen molar-refractivity contribution in [3.05, 3.63) is 87.2 Å². The molecule has 0 saturated carbocycles. The summed E-state index contributed by atoms with van der Waals surface area (Å²) in [6.45, 7) is 0.257. The molecule has 0 radical (unpaired) electrons. The Morgan fingerprint density at radius 3 is 2.77 bits per heavy atom. The number of nitrogens with one attached hydrogen (secondary N) is 1. The topological polar surface area (TPSA) is 76.4 Å². The van der Waals surface area contributed by atoms with Crippen molar-refractivity contribution < 1.29 is 4.79 Å². The summed E-state index contributed by atoms with van der Waals surface area (Å²) in [4.78, 5) is 33.5. The summed E-state index contributed by atoms with van der Waals surface area (Å²) in [5, 5.41) is 5.46. The number of benzene rings is 1. The Hall–Kier alpha value is -3.32. The van der Waals surface area contributed by atoms with E-state index in [2.05, 4.69) is 15.3 Å². The smallest absolute Gasteiger partial charge is 0.270 e. The van der Waals surface area contributed by atoms with Crippen molar-refractivity contribution in [3.8, 4) is 11.3 Å². The molecule has 0 bridgehead atoms. The second-order valence-electron chi connectivity index (χ2n) is 5.58. The van der Waals surface area contributed by atoms with Crippen LogP contribution in [-0.2, 0) is 6.54 Å². The SMILES string of the molecule is O=C(NCc1nc(-c2ccccc2)cs1)c1cnc2ccccn2c1=O. The summed E-state index contributed by atoms with van der Waals surface area (Å²) in [7, 11) is 0. The van der Waals surface area contributed by atoms with Crippen LogP contribution in [0.25, 0.3) is 16.9 Å². The van der Waals surface area contributed by atoms with E-state index in [0.717, 1.165) is 16.3 Å². The van der Waals surface area contributed by atoms with E-state index in [4.69, 9.17) is 0 Å². The lowest BCUT2D eigenvalue weighted by molar-refractivity contribution is 0.0949. The number of nitrogens with zero attached hydrogens (tertiary/aromatic N) is 3. The number of hydrogen-bond donors (Lipinski definition) is 1. The summed E-state index contributed by atoms with van der Waals surface area (Å²) in [5.41, 5.74) is 2.01. The van der Waals surface area contributed by atoms with Gasteiger partial charge in [0.15, 0.2) is 0 Å². The highest BCUT2D eigenvalue weighted by Gasteiger charge is 2.13. The van der Waals surface area contributed by atoms with Gasteiger partial charge in [-0.25, -0.2) is 9.97 Å². The number of pyridine rings is 1. The van der Waals surface area contributed by atoms with Gasteiger partial charge in [-0.05, 0) is 12.1 Å². The first-order valence-corrected chi connectivity index (χ1v) is 8.85. The van der Waals surface area contributed by atoms with Crippen molar-refractivity contribution >= 4 is 22.9 Å². The van der Waals surface area contributed by atoms with Crippen LogP contribution >= 0.6 is 11.3 Å². The van der Waals surface area contributed by atoms with E-state index in [1.807, 2.05) is 35.7 Å². The third-order valence-corrected chi connectivity index (χ3v) is 4.73. The summed E-state index contributed by atoms with van der Waals surface area (Å²) in [5.74, 6) is -0.461. The summed E-state index contributed by atoms with van der Waals surface area (Å²) >= 11 is 1.46. The molecule has 0 aliphatic carbocycles. The number of fused-ring (bicyclic) bond motifs is 1. The highest BCUT2D eigenvalue weighted by atomic mass is 32.1. The maximum Gasteiger partial charge on any atom is 0.270 e. The van der Waals surface area contributed by atoms with E-state index in [1.54, 1.807) is 24.4 Å². The maximum absolute atomic E-state index is 12.4. The summed E-state index contributed by atoms with van der Waals surface area (Å²) < 4.78 is 1.35. The predicted octanol–water partition coefficient (Wildman–Crippen LogP) is 2.75. The summed E-state index contributed by atoms with van der Waals surface area (Å²) in [6.07, 6.45) is 2.90. The minimum Gasteiger partial charge on any atom is -0.345 e. The van der Waals surface area contributed by atoms with E-state index in [0.29, 0.717) is 5.65 Å². The van der Waals surface area contributed by atoms with Crippen LogP contribution in [0, 0.1) is 0 Å². The minimum absolute atomic E-state index is 0.00791. The molecule has 0 unspecified atom stereocenters. The Balaban J connectivity index is 1.50. The number of amides is 1. The van der Waals surface area contributed by atoms with Crippen molar-refractivity contribution in [2.45, 2.75) is 6.54 Å². The van der Waals surface area contributed by atoms with Gasteiger partial charge in [-0.1, -0.05) is 36.4 Å². The highest BCUT2D eigenvalue weighted by Crippen LogP contribution is 2.21. The minimum atomic E-state index is -0.461. The van der Waals surface area contributed by atoms with Crippen molar-refractivity contribution in [1.82, 2.24) is 19.7 Å². The number of carbonyl (C=O) groups excluding carboxylic acids is 1. The average molecular weight is 362 g/mol. The van der Waals surface area contributed by atoms with Crippen LogP contribution in [0.5, 0.6) is 0 Å². The molecule has 0 spiro atoms. The molecule has 6 nitrogen and oxygen atoms in total. The van der Waals surface area contributed by atoms with Crippen LogP contribution in [0.2, 0.25) is 0 Å². The molecule has 0 aliphatic rings. The number of rotatable bonds is 4. The van der Waals surface area contributed by atoms with Crippen molar-refractivity contribution in [3.63, 3.8) is 0 Å². The van der Waals surface area contributed by atoms with Crippen LogP contribution in [0.3, 0.4) is 0 Å². The number of carbonyl (C=O) groups is 1. The standard InChI is InChI=1S/C19H14N4O2S/c24-18(14-10-20-16-8-4-5-9-23(16)19(14)25)21-11-17-22-15(12-26-17)13-6-2-1-3-7-13/h1-10,12H,11H2,(H,21,24). The lowest BCUT2D eigenvalue weighted by atomic mass is 10.2. The van der Waals surface area contributed by atoms with Crippen molar-refractivity contribution in [1.29, 1.82) is 0 Å². The molecule has 3 aromatic heterocycles. The monoisotopic (exact) mass is 362 g/mol. The van der Waals surface area contributed by atoms with E-state index in [1.165, 1.54) is 21.9 Å². The molecule has 1 amide bonds. The zero-order valence-corrected chi connectivity index (χ0v) is 14.4. The Morgan fingerprint density at radius 2 is 1.92 bits per heavy atom. The molecule has 3 heterocycles. The zero-order valence-electron chi connectivity index (χ0n) is 13.6. The largest absolute Gasteiger partial charge is 0.345 e. The van der Waals surface area contributed by atoms with Gasteiger partial charge in [0.25, 0.3) is 11.5 Å². The molecule has 1 aromatic carbocycles. The molecule has 0 aliphatic heterocycles. The van der Waals surface area contributed by atoms with Gasteiger partial charge in [-0.3, -0.25) is 14.0 Å². The van der Waals surface area contributed by atoms with E-state index < -0.39 is 11.5 Å². The van der Waals surface area contributed by atoms with Crippen molar-refractivity contribution in [2.75, 3.05) is 0 Å². The summed E-state index contributed by atoms with van der Waals surface area (Å²) in [6, 6.07) is 15.1. The maximum atomic E-state index is 12.4. The van der Waals surface area contributed by atoms with Crippen LogP contribution in [0.4, 0.5) is 0 Å². The van der Waals surface area contributed by atoms with Crippen LogP contribution in [0.15, 0.2) is 71.1 Å². The zero-order chi connectivity index (χ0) is 17.9. The van der Waals surface area contributed by atoms with Gasteiger partial charge in [0, 0.05) is 23.3 Å². The molecule has 128 valence electrons. The molecular formula is C19H14N4O2S. The molecular weight excluding hydrogens is 348 g/mol. The number of hydrogen-bond acceptors (Lipinski definition) is 5. The lowest BCUT2D eigenvalue weighted by Crippen LogP contribution is -2.31. The fourth-order valence-electron chi connectivity index (χ4n) is 2.57. The molecule has 1 N–H and O–H groups in total. The Kier molecular flexibility index (Phi) is 4.28. The van der Waals surface area contributed by atoms with Gasteiger partial charge < -0.3 is 5.32 Å². The van der Waals surface area contributed by atoms with Crippen LogP contribution in [-0.4, -0.2) is 20.3 Å². The highest BCUT2D eigenvalue weighted by molar-refractivity contribution is 7.09. The first-order valence-electron chi connectivity index (χ1n) is 7.97.